The van der Waals surface area contributed by atoms with Gasteiger partial charge in [-0.25, -0.2) is 4.68 Å². The predicted molar refractivity (Wildman–Crippen MR) is 86.9 cm³/mol. The molecule has 0 fully saturated rings. The molecule has 0 aliphatic rings. The maximum atomic E-state index is 12.3. The van der Waals surface area contributed by atoms with Gasteiger partial charge in [-0.1, -0.05) is 0 Å². The van der Waals surface area contributed by atoms with Gasteiger partial charge in [-0.05, 0) is 51.1 Å². The molecule has 0 amide bonds. The highest BCUT2D eigenvalue weighted by molar-refractivity contribution is 5.80. The van der Waals surface area contributed by atoms with Gasteiger partial charge in [-0.2, -0.15) is 5.10 Å². The molecule has 0 atom stereocenters. The summed E-state index contributed by atoms with van der Waals surface area (Å²) in [4.78, 5) is 12.3. The second kappa shape index (κ2) is 6.66. The van der Waals surface area contributed by atoms with Gasteiger partial charge in [0.2, 0.25) is 11.8 Å². The van der Waals surface area contributed by atoms with Crippen molar-refractivity contribution in [3.8, 4) is 17.2 Å². The van der Waals surface area contributed by atoms with E-state index in [2.05, 4.69) is 15.3 Å². The van der Waals surface area contributed by atoms with Crippen molar-refractivity contribution in [2.24, 2.45) is 0 Å². The van der Waals surface area contributed by atoms with Crippen LogP contribution < -0.4 is 4.74 Å². The van der Waals surface area contributed by atoms with E-state index in [4.69, 9.17) is 9.15 Å². The smallest absolute Gasteiger partial charge is 0.256 e. The summed E-state index contributed by atoms with van der Waals surface area (Å²) in [6.45, 7) is 6.21. The Hall–Kier alpha value is -2.96. The van der Waals surface area contributed by atoms with Crippen LogP contribution in [0.3, 0.4) is 0 Å². The SMILES string of the molecule is CCOc1ccc(-c2nnc(CC(=O)n3nc(C)cc3C)o2)cc1. The highest BCUT2D eigenvalue weighted by atomic mass is 16.5. The van der Waals surface area contributed by atoms with Crippen molar-refractivity contribution in [3.63, 3.8) is 0 Å². The van der Waals surface area contributed by atoms with Crippen molar-refractivity contribution >= 4 is 5.91 Å². The first-order valence-electron chi connectivity index (χ1n) is 7.69. The van der Waals surface area contributed by atoms with E-state index in [9.17, 15) is 4.79 Å². The van der Waals surface area contributed by atoms with Gasteiger partial charge in [0.15, 0.2) is 0 Å². The first kappa shape index (κ1) is 15.9. The third kappa shape index (κ3) is 3.34. The Morgan fingerprint density at radius 3 is 2.58 bits per heavy atom. The second-order valence-electron chi connectivity index (χ2n) is 5.37. The van der Waals surface area contributed by atoms with Crippen LogP contribution in [0.4, 0.5) is 0 Å². The molecular weight excluding hydrogens is 308 g/mol. The second-order valence-corrected chi connectivity index (χ2v) is 5.37. The monoisotopic (exact) mass is 326 g/mol. The minimum Gasteiger partial charge on any atom is -0.494 e. The van der Waals surface area contributed by atoms with Crippen molar-refractivity contribution in [3.05, 3.63) is 47.6 Å². The lowest BCUT2D eigenvalue weighted by Crippen LogP contribution is -2.16. The molecule has 2 aromatic heterocycles. The third-order valence-corrected chi connectivity index (χ3v) is 3.43. The predicted octanol–water partition coefficient (Wildman–Crippen LogP) is 2.83. The van der Waals surface area contributed by atoms with Crippen LogP contribution in [0.2, 0.25) is 0 Å². The van der Waals surface area contributed by atoms with E-state index in [0.29, 0.717) is 12.5 Å². The highest BCUT2D eigenvalue weighted by Crippen LogP contribution is 2.21. The third-order valence-electron chi connectivity index (χ3n) is 3.43. The molecule has 2 heterocycles. The van der Waals surface area contributed by atoms with Gasteiger partial charge in [0.25, 0.3) is 5.91 Å². The molecule has 0 aliphatic heterocycles. The fraction of sp³-hybridized carbons (Fsp3) is 0.294. The lowest BCUT2D eigenvalue weighted by atomic mass is 10.2. The number of aryl methyl sites for hydroxylation is 2. The number of hydrogen-bond donors (Lipinski definition) is 0. The van der Waals surface area contributed by atoms with E-state index in [1.165, 1.54) is 4.68 Å². The molecule has 0 aliphatic carbocycles. The number of aromatic nitrogens is 4. The van der Waals surface area contributed by atoms with E-state index in [0.717, 1.165) is 22.7 Å². The van der Waals surface area contributed by atoms with Gasteiger partial charge >= 0.3 is 0 Å². The molecule has 7 nitrogen and oxygen atoms in total. The Morgan fingerprint density at radius 2 is 1.96 bits per heavy atom. The van der Waals surface area contributed by atoms with Crippen LogP contribution in [0.1, 0.15) is 29.0 Å². The van der Waals surface area contributed by atoms with Crippen molar-refractivity contribution in [1.29, 1.82) is 0 Å². The van der Waals surface area contributed by atoms with E-state index >= 15 is 0 Å². The Morgan fingerprint density at radius 1 is 1.21 bits per heavy atom. The van der Waals surface area contributed by atoms with Crippen LogP contribution in [-0.4, -0.2) is 32.5 Å². The molecule has 0 bridgehead atoms. The summed E-state index contributed by atoms with van der Waals surface area (Å²) in [5.74, 6) is 1.20. The van der Waals surface area contributed by atoms with E-state index in [1.807, 2.05) is 51.1 Å². The van der Waals surface area contributed by atoms with Crippen LogP contribution in [-0.2, 0) is 6.42 Å². The van der Waals surface area contributed by atoms with E-state index in [-0.39, 0.29) is 18.2 Å². The minimum atomic E-state index is -0.206. The molecule has 0 radical (unpaired) electrons. The summed E-state index contributed by atoms with van der Waals surface area (Å²) < 4.78 is 12.3. The van der Waals surface area contributed by atoms with E-state index in [1.54, 1.807) is 0 Å². The van der Waals surface area contributed by atoms with Gasteiger partial charge in [-0.15, -0.1) is 10.2 Å². The standard InChI is InChI=1S/C17H18N4O3/c1-4-23-14-7-5-13(6-8-14)17-19-18-15(24-17)10-16(22)21-12(3)9-11(2)20-21/h5-9H,4,10H2,1-3H3. The summed E-state index contributed by atoms with van der Waals surface area (Å²) in [7, 11) is 0. The molecule has 0 spiro atoms. The van der Waals surface area contributed by atoms with Crippen LogP contribution >= 0.6 is 0 Å². The average Bonchev–Trinajstić information content (AvgIpc) is 3.15. The molecule has 0 unspecified atom stereocenters. The topological polar surface area (TPSA) is 83.0 Å². The Balaban J connectivity index is 1.73. The zero-order valence-corrected chi connectivity index (χ0v) is 13.8. The highest BCUT2D eigenvalue weighted by Gasteiger charge is 2.16. The number of nitrogens with zero attached hydrogens (tertiary/aromatic N) is 4. The molecule has 7 heteroatoms. The van der Waals surface area contributed by atoms with Gasteiger partial charge in [0, 0.05) is 11.3 Å². The minimum absolute atomic E-state index is 0.00594. The Bertz CT molecular complexity index is 849. The number of ether oxygens (including phenoxy) is 1. The molecule has 0 saturated carbocycles. The lowest BCUT2D eigenvalue weighted by Gasteiger charge is -2.02. The van der Waals surface area contributed by atoms with Gasteiger partial charge < -0.3 is 9.15 Å². The maximum absolute atomic E-state index is 12.3. The van der Waals surface area contributed by atoms with Crippen molar-refractivity contribution in [2.45, 2.75) is 27.2 Å². The maximum Gasteiger partial charge on any atom is 0.256 e. The van der Waals surface area contributed by atoms with Gasteiger partial charge in [0.1, 0.15) is 12.2 Å². The summed E-state index contributed by atoms with van der Waals surface area (Å²) in [5.41, 5.74) is 2.35. The van der Waals surface area contributed by atoms with Crippen LogP contribution in [0.5, 0.6) is 5.75 Å². The molecule has 3 aromatic rings. The first-order valence-corrected chi connectivity index (χ1v) is 7.69. The summed E-state index contributed by atoms with van der Waals surface area (Å²) in [6.07, 6.45) is 0.00594. The van der Waals surface area contributed by atoms with Gasteiger partial charge in [-0.3, -0.25) is 4.79 Å². The number of benzene rings is 1. The fourth-order valence-electron chi connectivity index (χ4n) is 2.39. The summed E-state index contributed by atoms with van der Waals surface area (Å²) in [6, 6.07) is 9.20. The largest absolute Gasteiger partial charge is 0.494 e. The molecule has 0 saturated heterocycles. The van der Waals surface area contributed by atoms with E-state index < -0.39 is 0 Å². The summed E-state index contributed by atoms with van der Waals surface area (Å²) >= 11 is 0. The van der Waals surface area contributed by atoms with Crippen LogP contribution in [0.15, 0.2) is 34.7 Å². The first-order chi connectivity index (χ1) is 11.6. The Kier molecular flexibility index (Phi) is 4.41. The quantitative estimate of drug-likeness (QED) is 0.717. The number of carbonyl (C=O) groups is 1. The number of hydrogen-bond acceptors (Lipinski definition) is 6. The molecule has 24 heavy (non-hydrogen) atoms. The lowest BCUT2D eigenvalue weighted by molar-refractivity contribution is 0.0887. The van der Waals surface area contributed by atoms with Crippen LogP contribution in [0.25, 0.3) is 11.5 Å². The fourth-order valence-corrected chi connectivity index (χ4v) is 2.39. The number of carbonyl (C=O) groups excluding carboxylic acids is 1. The summed E-state index contributed by atoms with van der Waals surface area (Å²) in [5, 5.41) is 12.1. The molecule has 124 valence electrons. The molecular formula is C17H18N4O3. The van der Waals surface area contributed by atoms with Crippen LogP contribution in [0, 0.1) is 13.8 Å². The number of rotatable bonds is 5. The zero-order chi connectivity index (χ0) is 17.1. The zero-order valence-electron chi connectivity index (χ0n) is 13.8. The molecule has 0 N–H and O–H groups in total. The van der Waals surface area contributed by atoms with Gasteiger partial charge in [0.05, 0.1) is 12.3 Å². The van der Waals surface area contributed by atoms with Crippen molar-refractivity contribution in [2.75, 3.05) is 6.61 Å². The van der Waals surface area contributed by atoms with Crippen molar-refractivity contribution in [1.82, 2.24) is 20.0 Å². The molecule has 1 aromatic carbocycles. The molecule has 3 rings (SSSR count). The Labute approximate surface area is 139 Å². The van der Waals surface area contributed by atoms with Crippen molar-refractivity contribution < 1.29 is 13.9 Å². The normalized spacial score (nSPS) is 10.8. The average molecular weight is 326 g/mol.